The van der Waals surface area contributed by atoms with E-state index in [9.17, 15) is 9.90 Å². The van der Waals surface area contributed by atoms with Crippen molar-refractivity contribution in [2.45, 2.75) is 26.0 Å². The van der Waals surface area contributed by atoms with E-state index in [1.54, 1.807) is 13.8 Å². The molecule has 0 bridgehead atoms. The van der Waals surface area contributed by atoms with Crippen molar-refractivity contribution in [3.63, 3.8) is 0 Å². The van der Waals surface area contributed by atoms with E-state index in [4.69, 9.17) is 10.5 Å². The summed E-state index contributed by atoms with van der Waals surface area (Å²) < 4.78 is 9.54. The molecule has 0 aliphatic rings. The second kappa shape index (κ2) is 6.75. The molecule has 0 aromatic carbocycles. The summed E-state index contributed by atoms with van der Waals surface area (Å²) >= 11 is 0. The van der Waals surface area contributed by atoms with Crippen LogP contribution in [0.5, 0.6) is 0 Å². The lowest BCUT2D eigenvalue weighted by Gasteiger charge is -2.22. The highest BCUT2D eigenvalue weighted by Crippen LogP contribution is 2.07. The Kier molecular flexibility index (Phi) is 6.44. The molecule has 3 N–H and O–H groups in total. The van der Waals surface area contributed by atoms with Gasteiger partial charge in [0.2, 0.25) is 0 Å². The third-order valence-electron chi connectivity index (χ3n) is 1.94. The van der Waals surface area contributed by atoms with E-state index < -0.39 is 18.1 Å². The molecule has 0 saturated heterocycles. The van der Waals surface area contributed by atoms with E-state index in [1.807, 2.05) is 0 Å². The van der Waals surface area contributed by atoms with Crippen molar-refractivity contribution in [1.82, 2.24) is 0 Å². The van der Waals surface area contributed by atoms with Crippen LogP contribution in [0.2, 0.25) is 0 Å². The van der Waals surface area contributed by atoms with Crippen LogP contribution in [-0.2, 0) is 14.3 Å². The molecule has 0 amide bonds. The Balaban J connectivity index is 4.08. The summed E-state index contributed by atoms with van der Waals surface area (Å²) in [6.07, 6.45) is -0.936. The third kappa shape index (κ3) is 4.04. The van der Waals surface area contributed by atoms with E-state index in [0.29, 0.717) is 6.61 Å². The number of hydrogen-bond acceptors (Lipinski definition) is 5. The Hall–Kier alpha value is -0.650. The number of methoxy groups -OCH3 is 1. The highest BCUT2D eigenvalue weighted by molar-refractivity contribution is 5.76. The number of carbonyl (C=O) groups is 1. The van der Waals surface area contributed by atoms with E-state index in [1.165, 1.54) is 7.11 Å². The summed E-state index contributed by atoms with van der Waals surface area (Å²) in [4.78, 5) is 11.1. The Bertz CT molecular complexity index is 174. The van der Waals surface area contributed by atoms with Gasteiger partial charge in [0, 0.05) is 13.0 Å². The van der Waals surface area contributed by atoms with Crippen molar-refractivity contribution in [3.8, 4) is 0 Å². The monoisotopic (exact) mass is 205 g/mol. The van der Waals surface area contributed by atoms with Gasteiger partial charge in [-0.15, -0.1) is 0 Å². The fraction of sp³-hybridized carbons (Fsp3) is 0.889. The first-order chi connectivity index (χ1) is 6.54. The first kappa shape index (κ1) is 13.4. The Morgan fingerprint density at radius 2 is 2.14 bits per heavy atom. The topological polar surface area (TPSA) is 81.8 Å². The van der Waals surface area contributed by atoms with Gasteiger partial charge in [0.25, 0.3) is 0 Å². The number of esters is 1. The van der Waals surface area contributed by atoms with Crippen molar-refractivity contribution < 1.29 is 19.4 Å². The minimum atomic E-state index is -1.000. The van der Waals surface area contributed by atoms with Crippen LogP contribution < -0.4 is 5.73 Å². The Morgan fingerprint density at radius 3 is 2.57 bits per heavy atom. The average molecular weight is 205 g/mol. The number of carbonyl (C=O) groups excluding carboxylic acids is 1. The van der Waals surface area contributed by atoms with Crippen LogP contribution in [0.15, 0.2) is 0 Å². The fourth-order valence-electron chi connectivity index (χ4n) is 1.09. The van der Waals surface area contributed by atoms with Crippen molar-refractivity contribution in [2.75, 3.05) is 20.3 Å². The maximum atomic E-state index is 11.1. The summed E-state index contributed by atoms with van der Waals surface area (Å²) in [6, 6.07) is -1.000. The van der Waals surface area contributed by atoms with Crippen molar-refractivity contribution in [2.24, 2.45) is 11.7 Å². The van der Waals surface area contributed by atoms with Gasteiger partial charge in [-0.25, -0.2) is 0 Å². The lowest BCUT2D eigenvalue weighted by atomic mass is 9.99. The smallest absolute Gasteiger partial charge is 0.325 e. The van der Waals surface area contributed by atoms with Gasteiger partial charge in [-0.3, -0.25) is 4.79 Å². The molecule has 5 nitrogen and oxygen atoms in total. The maximum Gasteiger partial charge on any atom is 0.325 e. The lowest BCUT2D eigenvalue weighted by Crippen LogP contribution is -2.47. The van der Waals surface area contributed by atoms with Gasteiger partial charge in [-0.2, -0.15) is 0 Å². The molecule has 0 heterocycles. The van der Waals surface area contributed by atoms with Crippen LogP contribution >= 0.6 is 0 Å². The number of hydrogen-bond donors (Lipinski definition) is 2. The van der Waals surface area contributed by atoms with E-state index >= 15 is 0 Å². The highest BCUT2D eigenvalue weighted by Gasteiger charge is 2.28. The van der Waals surface area contributed by atoms with E-state index in [2.05, 4.69) is 4.74 Å². The number of ether oxygens (including phenoxy) is 2. The lowest BCUT2D eigenvalue weighted by molar-refractivity contribution is -0.148. The molecule has 84 valence electrons. The zero-order valence-corrected chi connectivity index (χ0v) is 8.90. The zero-order chi connectivity index (χ0) is 11.1. The summed E-state index contributed by atoms with van der Waals surface area (Å²) in [6.45, 7) is 4.06. The molecular weight excluding hydrogens is 186 g/mol. The van der Waals surface area contributed by atoms with Gasteiger partial charge in [0.15, 0.2) is 0 Å². The molecule has 0 aliphatic carbocycles. The molecular formula is C9H19NO4. The Morgan fingerprint density at radius 1 is 1.57 bits per heavy atom. The summed E-state index contributed by atoms with van der Waals surface area (Å²) in [5.74, 6) is -0.776. The second-order valence-corrected chi connectivity index (χ2v) is 3.20. The van der Waals surface area contributed by atoms with Crippen LogP contribution in [0.25, 0.3) is 0 Å². The SMILES string of the molecule is CCOC(=O)C(N)C(O)C(C)COC. The molecule has 14 heavy (non-hydrogen) atoms. The molecule has 0 aromatic rings. The fourth-order valence-corrected chi connectivity index (χ4v) is 1.09. The predicted octanol–water partition coefficient (Wildman–Crippen LogP) is -0.480. The van der Waals surface area contributed by atoms with Crippen LogP contribution in [0.1, 0.15) is 13.8 Å². The molecule has 3 unspecified atom stereocenters. The van der Waals surface area contributed by atoms with Crippen LogP contribution in [0, 0.1) is 5.92 Å². The average Bonchev–Trinajstić information content (AvgIpc) is 2.16. The summed E-state index contributed by atoms with van der Waals surface area (Å²) in [7, 11) is 1.53. The van der Waals surface area contributed by atoms with Crippen LogP contribution in [-0.4, -0.2) is 43.5 Å². The van der Waals surface area contributed by atoms with Crippen molar-refractivity contribution in [3.05, 3.63) is 0 Å². The molecule has 0 radical (unpaired) electrons. The molecule has 5 heteroatoms. The minimum Gasteiger partial charge on any atom is -0.465 e. The molecule has 0 rings (SSSR count). The normalized spacial score (nSPS) is 17.2. The predicted molar refractivity (Wildman–Crippen MR) is 51.7 cm³/mol. The van der Waals surface area contributed by atoms with Gasteiger partial charge < -0.3 is 20.3 Å². The number of aliphatic hydroxyl groups is 1. The molecule has 0 fully saturated rings. The molecule has 0 aliphatic heterocycles. The maximum absolute atomic E-state index is 11.1. The molecule has 0 spiro atoms. The minimum absolute atomic E-state index is 0.195. The van der Waals surface area contributed by atoms with Gasteiger partial charge in [-0.05, 0) is 6.92 Å². The largest absolute Gasteiger partial charge is 0.465 e. The van der Waals surface area contributed by atoms with E-state index in [-0.39, 0.29) is 12.5 Å². The third-order valence-corrected chi connectivity index (χ3v) is 1.94. The summed E-state index contributed by atoms with van der Waals surface area (Å²) in [5, 5.41) is 9.61. The zero-order valence-electron chi connectivity index (χ0n) is 8.90. The van der Waals surface area contributed by atoms with Gasteiger partial charge in [0.05, 0.1) is 19.3 Å². The first-order valence-corrected chi connectivity index (χ1v) is 4.63. The quantitative estimate of drug-likeness (QED) is 0.572. The van der Waals surface area contributed by atoms with Crippen molar-refractivity contribution >= 4 is 5.97 Å². The standard InChI is InChI=1S/C9H19NO4/c1-4-14-9(12)7(10)8(11)6(2)5-13-3/h6-8,11H,4-5,10H2,1-3H3. The molecule has 3 atom stereocenters. The number of aliphatic hydroxyl groups excluding tert-OH is 1. The highest BCUT2D eigenvalue weighted by atomic mass is 16.5. The summed E-state index contributed by atoms with van der Waals surface area (Å²) in [5.41, 5.74) is 5.50. The molecule has 0 saturated carbocycles. The van der Waals surface area contributed by atoms with Crippen LogP contribution in [0.4, 0.5) is 0 Å². The number of nitrogens with two attached hydrogens (primary N) is 1. The van der Waals surface area contributed by atoms with Crippen LogP contribution in [0.3, 0.4) is 0 Å². The van der Waals surface area contributed by atoms with Crippen molar-refractivity contribution in [1.29, 1.82) is 0 Å². The van der Waals surface area contributed by atoms with Gasteiger partial charge >= 0.3 is 5.97 Å². The molecule has 0 aromatic heterocycles. The van der Waals surface area contributed by atoms with Gasteiger partial charge in [-0.1, -0.05) is 6.92 Å². The van der Waals surface area contributed by atoms with E-state index in [0.717, 1.165) is 0 Å². The Labute approximate surface area is 84.2 Å². The van der Waals surface area contributed by atoms with Gasteiger partial charge in [0.1, 0.15) is 6.04 Å². The first-order valence-electron chi connectivity index (χ1n) is 4.63. The number of rotatable bonds is 6. The second-order valence-electron chi connectivity index (χ2n) is 3.20.